The van der Waals surface area contributed by atoms with Gasteiger partial charge in [-0.05, 0) is 37.0 Å². The molecule has 0 aliphatic carbocycles. The van der Waals surface area contributed by atoms with Gasteiger partial charge in [-0.15, -0.1) is 0 Å². The van der Waals surface area contributed by atoms with Crippen LogP contribution in [0.1, 0.15) is 37.8 Å². The maximum atomic E-state index is 11.7. The zero-order valence-electron chi connectivity index (χ0n) is 13.7. The number of primary amides is 1. The Morgan fingerprint density at radius 2 is 1.87 bits per heavy atom. The third-order valence-electron chi connectivity index (χ3n) is 3.15. The molecule has 0 radical (unpaired) electrons. The third-order valence-corrected chi connectivity index (χ3v) is 3.15. The quantitative estimate of drug-likeness (QED) is 0.774. The molecule has 3 amide bonds. The molecule has 1 aromatic carbocycles. The Hall–Kier alpha value is -2.57. The van der Waals surface area contributed by atoms with E-state index < -0.39 is 24.0 Å². The van der Waals surface area contributed by atoms with Gasteiger partial charge in [-0.3, -0.25) is 10.1 Å². The fourth-order valence-corrected chi connectivity index (χ4v) is 1.78. The van der Waals surface area contributed by atoms with Crippen molar-refractivity contribution < 1.29 is 23.9 Å². The van der Waals surface area contributed by atoms with Crippen molar-refractivity contribution in [3.8, 4) is 5.75 Å². The molecule has 1 atom stereocenters. The number of hydrogen-bond donors (Lipinski definition) is 2. The fourth-order valence-electron chi connectivity index (χ4n) is 1.78. The van der Waals surface area contributed by atoms with E-state index in [2.05, 4.69) is 13.8 Å². The number of aryl methyl sites for hydroxylation is 1. The number of hydrogen-bond acceptors (Lipinski definition) is 5. The summed E-state index contributed by atoms with van der Waals surface area (Å²) in [4.78, 5) is 33.7. The van der Waals surface area contributed by atoms with Crippen molar-refractivity contribution in [3.63, 3.8) is 0 Å². The van der Waals surface area contributed by atoms with E-state index in [9.17, 15) is 14.4 Å². The second kappa shape index (κ2) is 8.17. The van der Waals surface area contributed by atoms with Crippen LogP contribution < -0.4 is 15.8 Å². The van der Waals surface area contributed by atoms with Gasteiger partial charge in [-0.25, -0.2) is 9.59 Å². The Morgan fingerprint density at radius 3 is 2.43 bits per heavy atom. The van der Waals surface area contributed by atoms with Crippen molar-refractivity contribution in [2.75, 3.05) is 6.61 Å². The van der Waals surface area contributed by atoms with E-state index in [4.69, 9.17) is 15.2 Å². The van der Waals surface area contributed by atoms with Gasteiger partial charge in [0.1, 0.15) is 5.75 Å². The van der Waals surface area contributed by atoms with Crippen molar-refractivity contribution in [2.24, 2.45) is 5.73 Å². The van der Waals surface area contributed by atoms with Gasteiger partial charge in [0.05, 0.1) is 0 Å². The number of esters is 1. The van der Waals surface area contributed by atoms with Gasteiger partial charge in [-0.2, -0.15) is 0 Å². The largest absolute Gasteiger partial charge is 0.482 e. The number of urea groups is 1. The summed E-state index contributed by atoms with van der Waals surface area (Å²) >= 11 is 0. The van der Waals surface area contributed by atoms with Crippen LogP contribution in [0.3, 0.4) is 0 Å². The van der Waals surface area contributed by atoms with Gasteiger partial charge in [0.25, 0.3) is 5.91 Å². The molecule has 7 heteroatoms. The molecular formula is C16H22N2O5. The smallest absolute Gasteiger partial charge is 0.344 e. The Balaban J connectivity index is 2.58. The van der Waals surface area contributed by atoms with E-state index in [1.165, 1.54) is 6.92 Å². The molecule has 1 rings (SSSR count). The number of nitrogens with two attached hydrogens (primary N) is 1. The van der Waals surface area contributed by atoms with E-state index in [0.717, 1.165) is 11.1 Å². The summed E-state index contributed by atoms with van der Waals surface area (Å²) in [5.74, 6) is -0.583. The summed E-state index contributed by atoms with van der Waals surface area (Å²) in [5.41, 5.74) is 6.80. The van der Waals surface area contributed by atoms with Crippen LogP contribution in [0.25, 0.3) is 0 Å². The first-order valence-corrected chi connectivity index (χ1v) is 7.23. The van der Waals surface area contributed by atoms with Crippen LogP contribution in [0.15, 0.2) is 18.2 Å². The molecule has 23 heavy (non-hydrogen) atoms. The molecule has 0 spiro atoms. The van der Waals surface area contributed by atoms with Crippen LogP contribution in [0.5, 0.6) is 5.75 Å². The van der Waals surface area contributed by atoms with Crippen LogP contribution in [-0.2, 0) is 14.3 Å². The van der Waals surface area contributed by atoms with Crippen molar-refractivity contribution in [3.05, 3.63) is 29.3 Å². The summed E-state index contributed by atoms with van der Waals surface area (Å²) in [5, 5.41) is 1.83. The number of benzene rings is 1. The summed E-state index contributed by atoms with van der Waals surface area (Å²) in [6, 6.07) is 4.78. The second-order valence-electron chi connectivity index (χ2n) is 5.45. The maximum absolute atomic E-state index is 11.7. The number of ether oxygens (including phenoxy) is 2. The molecule has 0 heterocycles. The number of imide groups is 1. The van der Waals surface area contributed by atoms with Gasteiger partial charge in [0, 0.05) is 0 Å². The van der Waals surface area contributed by atoms with Crippen molar-refractivity contribution >= 4 is 17.9 Å². The summed E-state index contributed by atoms with van der Waals surface area (Å²) < 4.78 is 10.3. The first kappa shape index (κ1) is 18.5. The Kier molecular flexibility index (Phi) is 6.56. The van der Waals surface area contributed by atoms with Gasteiger partial charge in [-0.1, -0.05) is 26.0 Å². The topological polar surface area (TPSA) is 108 Å². The zero-order valence-corrected chi connectivity index (χ0v) is 13.7. The van der Waals surface area contributed by atoms with Gasteiger partial charge < -0.3 is 15.2 Å². The van der Waals surface area contributed by atoms with E-state index in [1.807, 2.05) is 30.4 Å². The number of amides is 3. The molecule has 0 unspecified atom stereocenters. The Bertz CT molecular complexity index is 598. The molecule has 3 N–H and O–H groups in total. The lowest BCUT2D eigenvalue weighted by atomic mass is 10.0. The summed E-state index contributed by atoms with van der Waals surface area (Å²) in [6.07, 6.45) is -1.14. The molecular weight excluding hydrogens is 300 g/mol. The molecule has 1 aromatic rings. The van der Waals surface area contributed by atoms with Crippen molar-refractivity contribution in [1.29, 1.82) is 0 Å². The van der Waals surface area contributed by atoms with E-state index >= 15 is 0 Å². The first-order valence-electron chi connectivity index (χ1n) is 7.23. The van der Waals surface area contributed by atoms with Crippen LogP contribution in [0.2, 0.25) is 0 Å². The minimum atomic E-state index is -1.14. The lowest BCUT2D eigenvalue weighted by molar-refractivity contribution is -0.156. The standard InChI is InChI=1S/C16H22N2O5/c1-9(2)12-6-5-10(3)13(7-12)22-8-14(19)23-11(4)15(20)18-16(17)21/h5-7,9,11H,8H2,1-4H3,(H3,17,18,20,21)/t11-/m0/s1. The number of carbonyl (C=O) groups is 3. The predicted molar refractivity (Wildman–Crippen MR) is 84.0 cm³/mol. The van der Waals surface area contributed by atoms with E-state index in [0.29, 0.717) is 11.7 Å². The van der Waals surface area contributed by atoms with Crippen LogP contribution in [0, 0.1) is 6.92 Å². The van der Waals surface area contributed by atoms with E-state index in [-0.39, 0.29) is 6.61 Å². The average Bonchev–Trinajstić information content (AvgIpc) is 2.45. The van der Waals surface area contributed by atoms with Crippen molar-refractivity contribution in [1.82, 2.24) is 5.32 Å². The number of carbonyl (C=O) groups excluding carboxylic acids is 3. The van der Waals surface area contributed by atoms with Crippen LogP contribution in [0.4, 0.5) is 4.79 Å². The van der Waals surface area contributed by atoms with Gasteiger partial charge in [0.15, 0.2) is 12.7 Å². The highest BCUT2D eigenvalue weighted by molar-refractivity contribution is 5.96. The third kappa shape index (κ3) is 5.98. The Morgan fingerprint density at radius 1 is 1.22 bits per heavy atom. The molecule has 0 bridgehead atoms. The summed E-state index contributed by atoms with van der Waals surface area (Å²) in [6.45, 7) is 6.98. The minimum absolute atomic E-state index is 0.336. The molecule has 0 aliphatic heterocycles. The maximum Gasteiger partial charge on any atom is 0.344 e. The highest BCUT2D eigenvalue weighted by Gasteiger charge is 2.19. The van der Waals surface area contributed by atoms with Crippen LogP contribution in [-0.4, -0.2) is 30.6 Å². The average molecular weight is 322 g/mol. The highest BCUT2D eigenvalue weighted by Crippen LogP contribution is 2.24. The zero-order chi connectivity index (χ0) is 17.6. The van der Waals surface area contributed by atoms with Gasteiger partial charge >= 0.3 is 12.0 Å². The minimum Gasteiger partial charge on any atom is -0.482 e. The second-order valence-corrected chi connectivity index (χ2v) is 5.45. The highest BCUT2D eigenvalue weighted by atomic mass is 16.6. The van der Waals surface area contributed by atoms with Gasteiger partial charge in [0.2, 0.25) is 0 Å². The number of nitrogens with one attached hydrogen (secondary N) is 1. The lowest BCUT2D eigenvalue weighted by Gasteiger charge is -2.14. The number of rotatable bonds is 6. The van der Waals surface area contributed by atoms with E-state index in [1.54, 1.807) is 0 Å². The molecule has 0 aromatic heterocycles. The molecule has 0 fully saturated rings. The monoisotopic (exact) mass is 322 g/mol. The molecule has 126 valence electrons. The summed E-state index contributed by atoms with van der Waals surface area (Å²) in [7, 11) is 0. The van der Waals surface area contributed by atoms with Crippen LogP contribution >= 0.6 is 0 Å². The Labute approximate surface area is 135 Å². The van der Waals surface area contributed by atoms with Crippen molar-refractivity contribution in [2.45, 2.75) is 39.7 Å². The molecule has 7 nitrogen and oxygen atoms in total. The normalized spacial score (nSPS) is 11.7. The lowest BCUT2D eigenvalue weighted by Crippen LogP contribution is -2.42. The SMILES string of the molecule is Cc1ccc(C(C)C)cc1OCC(=O)O[C@@H](C)C(=O)NC(N)=O. The molecule has 0 saturated carbocycles. The molecule has 0 aliphatic rings. The fraction of sp³-hybridized carbons (Fsp3) is 0.438. The first-order chi connectivity index (χ1) is 10.7. The predicted octanol–water partition coefficient (Wildman–Crippen LogP) is 1.62. The molecule has 0 saturated heterocycles.